The summed E-state index contributed by atoms with van der Waals surface area (Å²) < 4.78 is 1.87. The largest absolute Gasteiger partial charge is 0.481 e. The van der Waals surface area contributed by atoms with Gasteiger partial charge in [-0.3, -0.25) is 9.36 Å². The molecule has 1 fully saturated rings. The van der Waals surface area contributed by atoms with E-state index in [1.807, 2.05) is 22.9 Å². The minimum atomic E-state index is -0.722. The minimum Gasteiger partial charge on any atom is -0.481 e. The predicted molar refractivity (Wildman–Crippen MR) is 115 cm³/mol. The molecule has 1 aromatic heterocycles. The zero-order valence-corrected chi connectivity index (χ0v) is 17.6. The maximum atomic E-state index is 12.5. The van der Waals surface area contributed by atoms with Gasteiger partial charge in [0.15, 0.2) is 0 Å². The molecule has 0 saturated carbocycles. The van der Waals surface area contributed by atoms with Gasteiger partial charge in [-0.05, 0) is 75.4 Å². The summed E-state index contributed by atoms with van der Waals surface area (Å²) in [6.07, 6.45) is 7.84. The summed E-state index contributed by atoms with van der Waals surface area (Å²) in [5.41, 5.74) is 3.11. The fourth-order valence-corrected chi connectivity index (χ4v) is 4.29. The quantitative estimate of drug-likeness (QED) is 0.670. The average molecular weight is 400 g/mol. The SMILES string of the molecule is CCC(CCCC(=O)O)Cc1cccc(-c2cn(C3CCN(C)CC3)c(=O)[nH]2)c1. The predicted octanol–water partition coefficient (Wildman–Crippen LogP) is 3.93. The highest BCUT2D eigenvalue weighted by molar-refractivity contribution is 5.66. The van der Waals surface area contributed by atoms with Crippen molar-refractivity contribution in [3.63, 3.8) is 0 Å². The highest BCUT2D eigenvalue weighted by Crippen LogP contribution is 2.25. The van der Waals surface area contributed by atoms with Gasteiger partial charge >= 0.3 is 11.7 Å². The highest BCUT2D eigenvalue weighted by Gasteiger charge is 2.20. The molecule has 6 nitrogen and oxygen atoms in total. The maximum Gasteiger partial charge on any atom is 0.326 e. The number of nitrogens with one attached hydrogen (secondary N) is 1. The van der Waals surface area contributed by atoms with E-state index in [-0.39, 0.29) is 18.2 Å². The van der Waals surface area contributed by atoms with Crippen molar-refractivity contribution in [3.05, 3.63) is 46.5 Å². The highest BCUT2D eigenvalue weighted by atomic mass is 16.4. The Balaban J connectivity index is 1.70. The molecule has 0 bridgehead atoms. The number of carboxylic acid groups (broad SMARTS) is 1. The topological polar surface area (TPSA) is 78.3 Å². The summed E-state index contributed by atoms with van der Waals surface area (Å²) in [4.78, 5) is 28.6. The average Bonchev–Trinajstić information content (AvgIpc) is 3.09. The lowest BCUT2D eigenvalue weighted by Gasteiger charge is -2.29. The zero-order valence-electron chi connectivity index (χ0n) is 17.6. The number of piperidine rings is 1. The van der Waals surface area contributed by atoms with Crippen molar-refractivity contribution in [2.45, 2.75) is 57.9 Å². The Kier molecular flexibility index (Phi) is 7.31. The standard InChI is InChI=1S/C23H33N3O3/c1-3-17(6-5-9-22(27)28)14-18-7-4-8-19(15-18)21-16-26(23(29)24-21)20-10-12-25(2)13-11-20/h4,7-8,15-17,20H,3,5-6,9-14H2,1-2H3,(H,24,29)(H,27,28). The number of likely N-dealkylation sites (tertiary alicyclic amines) is 1. The number of nitrogens with zero attached hydrogens (tertiary/aromatic N) is 2. The first-order valence-corrected chi connectivity index (χ1v) is 10.8. The maximum absolute atomic E-state index is 12.5. The molecule has 0 spiro atoms. The summed E-state index contributed by atoms with van der Waals surface area (Å²) in [6.45, 7) is 4.20. The third kappa shape index (κ3) is 5.82. The molecule has 2 N–H and O–H groups in total. The van der Waals surface area contributed by atoms with Gasteiger partial charge < -0.3 is 15.0 Å². The number of carboxylic acids is 1. The first-order chi connectivity index (χ1) is 14.0. The third-order valence-corrected chi connectivity index (χ3v) is 6.17. The monoisotopic (exact) mass is 399 g/mol. The van der Waals surface area contributed by atoms with Gasteiger partial charge in [-0.15, -0.1) is 0 Å². The molecule has 1 unspecified atom stereocenters. The van der Waals surface area contributed by atoms with E-state index in [9.17, 15) is 9.59 Å². The van der Waals surface area contributed by atoms with Gasteiger partial charge in [0.05, 0.1) is 5.69 Å². The molecule has 1 aromatic carbocycles. The molecule has 6 heteroatoms. The van der Waals surface area contributed by atoms with Crippen LogP contribution in [-0.2, 0) is 11.2 Å². The number of aromatic nitrogens is 2. The van der Waals surface area contributed by atoms with Crippen molar-refractivity contribution in [3.8, 4) is 11.3 Å². The van der Waals surface area contributed by atoms with Crippen LogP contribution in [0.4, 0.5) is 0 Å². The minimum absolute atomic E-state index is 0.0277. The number of hydrogen-bond donors (Lipinski definition) is 2. The Morgan fingerprint density at radius 2 is 2.07 bits per heavy atom. The molecule has 2 heterocycles. The van der Waals surface area contributed by atoms with Crippen LogP contribution in [0.15, 0.2) is 35.3 Å². The van der Waals surface area contributed by atoms with E-state index < -0.39 is 5.97 Å². The van der Waals surface area contributed by atoms with Crippen LogP contribution in [0.3, 0.4) is 0 Å². The van der Waals surface area contributed by atoms with Gasteiger partial charge in [0, 0.05) is 18.7 Å². The summed E-state index contributed by atoms with van der Waals surface area (Å²) in [7, 11) is 2.12. The summed E-state index contributed by atoms with van der Waals surface area (Å²) in [5.74, 6) is -0.243. The fourth-order valence-electron chi connectivity index (χ4n) is 4.29. The van der Waals surface area contributed by atoms with Crippen LogP contribution in [0.25, 0.3) is 11.3 Å². The molecule has 1 atom stereocenters. The van der Waals surface area contributed by atoms with Crippen molar-refractivity contribution in [1.82, 2.24) is 14.5 Å². The van der Waals surface area contributed by atoms with Gasteiger partial charge in [-0.1, -0.05) is 31.5 Å². The molecule has 1 saturated heterocycles. The second-order valence-electron chi connectivity index (χ2n) is 8.38. The molecule has 1 aliphatic heterocycles. The van der Waals surface area contributed by atoms with E-state index >= 15 is 0 Å². The molecule has 2 aromatic rings. The van der Waals surface area contributed by atoms with Crippen LogP contribution < -0.4 is 5.69 Å². The first-order valence-electron chi connectivity index (χ1n) is 10.8. The molecule has 0 amide bonds. The molecular weight excluding hydrogens is 366 g/mol. The third-order valence-electron chi connectivity index (χ3n) is 6.17. The Bertz CT molecular complexity index is 862. The number of H-pyrrole nitrogens is 1. The summed E-state index contributed by atoms with van der Waals surface area (Å²) in [5, 5.41) is 8.85. The van der Waals surface area contributed by atoms with E-state index in [4.69, 9.17) is 5.11 Å². The summed E-state index contributed by atoms with van der Waals surface area (Å²) >= 11 is 0. The van der Waals surface area contributed by atoms with Crippen LogP contribution in [0.5, 0.6) is 0 Å². The zero-order chi connectivity index (χ0) is 20.8. The fraction of sp³-hybridized carbons (Fsp3) is 0.565. The number of rotatable bonds is 9. The van der Waals surface area contributed by atoms with Crippen LogP contribution in [0.2, 0.25) is 0 Å². The second kappa shape index (κ2) is 9.92. The van der Waals surface area contributed by atoms with Gasteiger partial charge in [0.1, 0.15) is 0 Å². The van der Waals surface area contributed by atoms with E-state index in [1.54, 1.807) is 0 Å². The molecule has 1 aliphatic rings. The molecule has 29 heavy (non-hydrogen) atoms. The van der Waals surface area contributed by atoms with E-state index in [1.165, 1.54) is 5.56 Å². The lowest BCUT2D eigenvalue weighted by atomic mass is 9.91. The number of aromatic amines is 1. The number of aliphatic carboxylic acids is 1. The molecule has 3 rings (SSSR count). The van der Waals surface area contributed by atoms with Gasteiger partial charge in [0.2, 0.25) is 0 Å². The van der Waals surface area contributed by atoms with Crippen LogP contribution in [-0.4, -0.2) is 45.7 Å². The first kappa shape index (κ1) is 21.4. The van der Waals surface area contributed by atoms with Gasteiger partial charge in [-0.25, -0.2) is 4.79 Å². The molecule has 0 radical (unpaired) electrons. The molecule has 0 aliphatic carbocycles. The van der Waals surface area contributed by atoms with Crippen molar-refractivity contribution in [2.75, 3.05) is 20.1 Å². The van der Waals surface area contributed by atoms with Crippen molar-refractivity contribution in [1.29, 1.82) is 0 Å². The number of imidazole rings is 1. The second-order valence-corrected chi connectivity index (χ2v) is 8.38. The smallest absolute Gasteiger partial charge is 0.326 e. The number of carbonyl (C=O) groups is 1. The number of hydrogen-bond acceptors (Lipinski definition) is 3. The lowest BCUT2D eigenvalue weighted by Crippen LogP contribution is -2.34. The van der Waals surface area contributed by atoms with E-state index in [0.29, 0.717) is 5.92 Å². The van der Waals surface area contributed by atoms with E-state index in [2.05, 4.69) is 36.0 Å². The molecular formula is C23H33N3O3. The Morgan fingerprint density at radius 3 is 2.76 bits per heavy atom. The van der Waals surface area contributed by atoms with Crippen molar-refractivity contribution < 1.29 is 9.90 Å². The van der Waals surface area contributed by atoms with Crippen LogP contribution >= 0.6 is 0 Å². The normalized spacial score (nSPS) is 16.8. The van der Waals surface area contributed by atoms with Crippen LogP contribution in [0.1, 0.15) is 57.1 Å². The van der Waals surface area contributed by atoms with Crippen molar-refractivity contribution >= 4 is 5.97 Å². The van der Waals surface area contributed by atoms with E-state index in [0.717, 1.165) is 62.9 Å². The Hall–Kier alpha value is -2.34. The van der Waals surface area contributed by atoms with Gasteiger partial charge in [0.25, 0.3) is 0 Å². The lowest BCUT2D eigenvalue weighted by molar-refractivity contribution is -0.137. The van der Waals surface area contributed by atoms with Crippen LogP contribution in [0, 0.1) is 5.92 Å². The van der Waals surface area contributed by atoms with Crippen molar-refractivity contribution in [2.24, 2.45) is 5.92 Å². The number of benzene rings is 1. The Morgan fingerprint density at radius 1 is 1.31 bits per heavy atom. The molecule has 158 valence electrons. The summed E-state index contributed by atoms with van der Waals surface area (Å²) in [6, 6.07) is 8.63. The Labute approximate surface area is 172 Å². The van der Waals surface area contributed by atoms with Gasteiger partial charge in [-0.2, -0.15) is 0 Å².